The van der Waals surface area contributed by atoms with E-state index in [1.807, 2.05) is 0 Å². The molecule has 0 unspecified atom stereocenters. The molecule has 0 aliphatic carbocycles. The quantitative estimate of drug-likeness (QED) is 0.104. The van der Waals surface area contributed by atoms with Crippen LogP contribution in [0.25, 0.3) is 0 Å². The Labute approximate surface area is 203 Å². The summed E-state index contributed by atoms with van der Waals surface area (Å²) in [5.74, 6) is -0.442. The third-order valence-electron chi connectivity index (χ3n) is 5.94. The number of carbonyl (C=O) groups is 1. The molecule has 9 heteroatoms. The highest BCUT2D eigenvalue weighted by molar-refractivity contribution is 5.69. The summed E-state index contributed by atoms with van der Waals surface area (Å²) >= 11 is 0. The lowest BCUT2D eigenvalue weighted by Crippen LogP contribution is -2.59. The number of aliphatic hydroxyl groups excluding tert-OH is 5. The molecule has 0 aromatic heterocycles. The first-order valence-electron chi connectivity index (χ1n) is 12.8. The maximum Gasteiger partial charge on any atom is 0.306 e. The van der Waals surface area contributed by atoms with Crippen LogP contribution in [0.3, 0.4) is 0 Å². The number of aliphatic hydroxyl groups is 5. The van der Waals surface area contributed by atoms with Crippen molar-refractivity contribution in [1.29, 1.82) is 0 Å². The molecule has 0 spiro atoms. The van der Waals surface area contributed by atoms with Gasteiger partial charge in [0.1, 0.15) is 30.5 Å². The maximum atomic E-state index is 12.0. The van der Waals surface area contributed by atoms with Crippen molar-refractivity contribution in [1.82, 2.24) is 0 Å². The molecule has 1 aliphatic rings. The SMILES string of the molecule is CCCCCC/C=C\CCCCCCCC(=O)O[C@H](CO)CO[C@@H]1O[C@H](CO)[C@H](O)[C@H](O)[C@H]1O. The molecule has 0 radical (unpaired) electrons. The highest BCUT2D eigenvalue weighted by atomic mass is 16.7. The predicted octanol–water partition coefficient (Wildman–Crippen LogP) is 1.96. The van der Waals surface area contributed by atoms with E-state index < -0.39 is 56.0 Å². The van der Waals surface area contributed by atoms with Crippen LogP contribution in [0.5, 0.6) is 0 Å². The molecule has 0 saturated carbocycles. The normalized spacial score (nSPS) is 26.1. The average molecular weight is 491 g/mol. The number of esters is 1. The van der Waals surface area contributed by atoms with Gasteiger partial charge in [0.15, 0.2) is 6.29 Å². The van der Waals surface area contributed by atoms with E-state index in [4.69, 9.17) is 14.2 Å². The van der Waals surface area contributed by atoms with Crippen LogP contribution in [0.1, 0.15) is 84.0 Å². The van der Waals surface area contributed by atoms with E-state index in [1.54, 1.807) is 0 Å². The zero-order chi connectivity index (χ0) is 25.2. The van der Waals surface area contributed by atoms with Crippen LogP contribution in [0.4, 0.5) is 0 Å². The second kappa shape index (κ2) is 19.2. The Hall–Kier alpha value is -1.07. The van der Waals surface area contributed by atoms with Gasteiger partial charge in [0.25, 0.3) is 0 Å². The standard InChI is InChI=1S/C25H46O9/c1-2-3-4-5-6-7-8-9-10-11-12-13-14-15-21(28)33-19(16-26)18-32-25-24(31)23(30)22(29)20(17-27)34-25/h7-8,19-20,22-27,29-31H,2-6,9-18H2,1H3/b8-7-/t19-,20-,22+,23+,24-,25-/m1/s1. The van der Waals surface area contributed by atoms with Crippen molar-refractivity contribution in [3.05, 3.63) is 12.2 Å². The van der Waals surface area contributed by atoms with Crippen molar-refractivity contribution in [2.24, 2.45) is 0 Å². The molecule has 1 saturated heterocycles. The van der Waals surface area contributed by atoms with Crippen molar-refractivity contribution < 1.29 is 44.5 Å². The number of hydrogen-bond acceptors (Lipinski definition) is 9. The van der Waals surface area contributed by atoms with Gasteiger partial charge in [-0.3, -0.25) is 4.79 Å². The number of unbranched alkanes of at least 4 members (excludes halogenated alkanes) is 9. The minimum Gasteiger partial charge on any atom is -0.457 e. The van der Waals surface area contributed by atoms with E-state index >= 15 is 0 Å². The number of allylic oxidation sites excluding steroid dienone is 2. The van der Waals surface area contributed by atoms with Crippen LogP contribution >= 0.6 is 0 Å². The van der Waals surface area contributed by atoms with Gasteiger partial charge in [0, 0.05) is 6.42 Å². The third-order valence-corrected chi connectivity index (χ3v) is 5.94. The molecule has 1 heterocycles. The van der Waals surface area contributed by atoms with Crippen molar-refractivity contribution in [2.45, 2.75) is 121 Å². The summed E-state index contributed by atoms with van der Waals surface area (Å²) in [5, 5.41) is 48.2. The number of carbonyl (C=O) groups excluding carboxylic acids is 1. The minimum absolute atomic E-state index is 0.244. The molecule has 0 aromatic rings. The van der Waals surface area contributed by atoms with Crippen molar-refractivity contribution in [3.8, 4) is 0 Å². The van der Waals surface area contributed by atoms with Gasteiger partial charge in [-0.2, -0.15) is 0 Å². The van der Waals surface area contributed by atoms with Gasteiger partial charge in [0.05, 0.1) is 19.8 Å². The van der Waals surface area contributed by atoms with Crippen molar-refractivity contribution in [2.75, 3.05) is 19.8 Å². The highest BCUT2D eigenvalue weighted by Gasteiger charge is 2.44. The Morgan fingerprint density at radius 1 is 0.882 bits per heavy atom. The van der Waals surface area contributed by atoms with Crippen LogP contribution in [-0.4, -0.2) is 88.1 Å². The lowest BCUT2D eigenvalue weighted by Gasteiger charge is -2.39. The molecule has 1 rings (SSSR count). The van der Waals surface area contributed by atoms with E-state index in [1.165, 1.54) is 32.1 Å². The summed E-state index contributed by atoms with van der Waals surface area (Å²) in [6, 6.07) is 0. The van der Waals surface area contributed by atoms with E-state index in [0.717, 1.165) is 32.1 Å². The maximum absolute atomic E-state index is 12.0. The molecule has 1 aliphatic heterocycles. The fourth-order valence-corrected chi connectivity index (χ4v) is 3.76. The minimum atomic E-state index is -1.56. The lowest BCUT2D eigenvalue weighted by molar-refractivity contribution is -0.305. The van der Waals surface area contributed by atoms with Crippen molar-refractivity contribution in [3.63, 3.8) is 0 Å². The Balaban J connectivity index is 2.12. The van der Waals surface area contributed by atoms with Crippen LogP contribution in [0.2, 0.25) is 0 Å². The topological polar surface area (TPSA) is 146 Å². The fourth-order valence-electron chi connectivity index (χ4n) is 3.76. The van der Waals surface area contributed by atoms with Crippen molar-refractivity contribution >= 4 is 5.97 Å². The second-order valence-corrected chi connectivity index (χ2v) is 8.95. The Morgan fingerprint density at radius 3 is 2.12 bits per heavy atom. The summed E-state index contributed by atoms with van der Waals surface area (Å²) in [5.41, 5.74) is 0. The van der Waals surface area contributed by atoms with Gasteiger partial charge in [-0.25, -0.2) is 0 Å². The molecule has 0 aromatic carbocycles. The summed E-state index contributed by atoms with van der Waals surface area (Å²) in [6.07, 6.45) is 9.25. The number of rotatable bonds is 19. The zero-order valence-electron chi connectivity index (χ0n) is 20.6. The molecule has 34 heavy (non-hydrogen) atoms. The van der Waals surface area contributed by atoms with Gasteiger partial charge in [-0.1, -0.05) is 57.6 Å². The van der Waals surface area contributed by atoms with E-state index in [0.29, 0.717) is 6.42 Å². The summed E-state index contributed by atoms with van der Waals surface area (Å²) in [6.45, 7) is 0.905. The monoisotopic (exact) mass is 490 g/mol. The molecular formula is C25H46O9. The molecule has 0 bridgehead atoms. The third kappa shape index (κ3) is 12.6. The van der Waals surface area contributed by atoms with Crippen LogP contribution in [-0.2, 0) is 19.0 Å². The van der Waals surface area contributed by atoms with E-state index in [9.17, 15) is 30.3 Å². The molecule has 1 fully saturated rings. The fraction of sp³-hybridized carbons (Fsp3) is 0.880. The first-order valence-corrected chi connectivity index (χ1v) is 12.8. The Kier molecular flexibility index (Phi) is 17.4. The van der Waals surface area contributed by atoms with Crippen LogP contribution in [0.15, 0.2) is 12.2 Å². The second-order valence-electron chi connectivity index (χ2n) is 8.95. The molecule has 5 N–H and O–H groups in total. The zero-order valence-corrected chi connectivity index (χ0v) is 20.6. The largest absolute Gasteiger partial charge is 0.457 e. The highest BCUT2D eigenvalue weighted by Crippen LogP contribution is 2.22. The summed E-state index contributed by atoms with van der Waals surface area (Å²) in [7, 11) is 0. The smallest absolute Gasteiger partial charge is 0.306 e. The first kappa shape index (κ1) is 31.0. The van der Waals surface area contributed by atoms with Gasteiger partial charge in [-0.15, -0.1) is 0 Å². The summed E-state index contributed by atoms with van der Waals surface area (Å²) < 4.78 is 15.8. The van der Waals surface area contributed by atoms with Crippen LogP contribution < -0.4 is 0 Å². The molecule has 0 amide bonds. The number of hydrogen-bond donors (Lipinski definition) is 5. The van der Waals surface area contributed by atoms with Gasteiger partial charge in [-0.05, 0) is 32.1 Å². The van der Waals surface area contributed by atoms with Crippen LogP contribution in [0, 0.1) is 0 Å². The Bertz CT molecular complexity index is 540. The van der Waals surface area contributed by atoms with Gasteiger partial charge < -0.3 is 39.7 Å². The van der Waals surface area contributed by atoms with Gasteiger partial charge >= 0.3 is 5.97 Å². The molecule has 6 atom stereocenters. The van der Waals surface area contributed by atoms with E-state index in [2.05, 4.69) is 19.1 Å². The Morgan fingerprint density at radius 2 is 1.50 bits per heavy atom. The molecular weight excluding hydrogens is 444 g/mol. The van der Waals surface area contributed by atoms with E-state index in [-0.39, 0.29) is 13.0 Å². The number of ether oxygens (including phenoxy) is 3. The lowest BCUT2D eigenvalue weighted by atomic mass is 9.99. The predicted molar refractivity (Wildman–Crippen MR) is 127 cm³/mol. The molecule has 200 valence electrons. The van der Waals surface area contributed by atoms with Gasteiger partial charge in [0.2, 0.25) is 0 Å². The average Bonchev–Trinajstić information content (AvgIpc) is 2.84. The molecule has 9 nitrogen and oxygen atoms in total. The first-order chi connectivity index (χ1) is 16.4. The summed E-state index contributed by atoms with van der Waals surface area (Å²) in [4.78, 5) is 12.0.